The van der Waals surface area contributed by atoms with Gasteiger partial charge in [0.05, 0.1) is 12.8 Å². The van der Waals surface area contributed by atoms with E-state index < -0.39 is 18.1 Å². The van der Waals surface area contributed by atoms with Crippen LogP contribution >= 0.6 is 0 Å². The van der Waals surface area contributed by atoms with Crippen LogP contribution in [0.5, 0.6) is 0 Å². The highest BCUT2D eigenvalue weighted by Crippen LogP contribution is 2.37. The zero-order valence-electron chi connectivity index (χ0n) is 18.9. The Hall–Kier alpha value is -3.14. The van der Waals surface area contributed by atoms with Crippen molar-refractivity contribution < 1.29 is 23.2 Å². The normalized spacial score (nSPS) is 23.8. The second kappa shape index (κ2) is 8.66. The lowest BCUT2D eigenvalue weighted by Crippen LogP contribution is -2.71. The molecule has 5 rings (SSSR count). The molecule has 0 bridgehead atoms. The number of piperidine rings is 1. The lowest BCUT2D eigenvalue weighted by Gasteiger charge is -2.51. The Morgan fingerprint density at radius 2 is 2.03 bits per heavy atom. The summed E-state index contributed by atoms with van der Waals surface area (Å²) in [6, 6.07) is 2.54. The number of aromatic nitrogens is 1. The molecule has 0 aliphatic carbocycles. The number of carbonyl (C=O) groups is 3. The van der Waals surface area contributed by atoms with Crippen molar-refractivity contribution in [3.63, 3.8) is 0 Å². The third kappa shape index (κ3) is 3.82. The van der Waals surface area contributed by atoms with E-state index in [0.717, 1.165) is 32.3 Å². The number of anilines is 1. The van der Waals surface area contributed by atoms with E-state index in [0.29, 0.717) is 18.9 Å². The molecule has 2 atom stereocenters. The fourth-order valence-electron chi connectivity index (χ4n) is 5.16. The summed E-state index contributed by atoms with van der Waals surface area (Å²) in [4.78, 5) is 49.5. The molecule has 1 N–H and O–H groups in total. The van der Waals surface area contributed by atoms with E-state index in [1.165, 1.54) is 16.1 Å². The molecule has 2 aromatic rings. The van der Waals surface area contributed by atoms with Crippen LogP contribution in [0.2, 0.25) is 0 Å². The van der Waals surface area contributed by atoms with Crippen LogP contribution in [-0.2, 0) is 4.79 Å². The van der Waals surface area contributed by atoms with Crippen LogP contribution in [-0.4, -0.2) is 70.9 Å². The monoisotopic (exact) mass is 455 g/mol. The van der Waals surface area contributed by atoms with Crippen LogP contribution in [0.1, 0.15) is 54.2 Å². The highest BCUT2D eigenvalue weighted by Gasteiger charge is 2.53. The number of rotatable bonds is 5. The molecular formula is C23H29N5O5. The van der Waals surface area contributed by atoms with Gasteiger partial charge in [-0.2, -0.15) is 0 Å². The summed E-state index contributed by atoms with van der Waals surface area (Å²) in [7, 11) is 0. The molecule has 3 aliphatic heterocycles. The van der Waals surface area contributed by atoms with Crippen molar-refractivity contribution in [2.24, 2.45) is 11.8 Å². The van der Waals surface area contributed by atoms with E-state index in [4.69, 9.17) is 8.83 Å². The number of fused-ring (bicyclic) bond motifs is 2. The van der Waals surface area contributed by atoms with Crippen LogP contribution < -0.4 is 10.2 Å². The summed E-state index contributed by atoms with van der Waals surface area (Å²) in [6.45, 7) is 6.74. The molecule has 176 valence electrons. The highest BCUT2D eigenvalue weighted by molar-refractivity contribution is 6.11. The molecule has 3 aliphatic rings. The number of piperazine rings is 1. The average molecular weight is 456 g/mol. The number of carbonyl (C=O) groups excluding carboxylic acids is 3. The van der Waals surface area contributed by atoms with Crippen molar-refractivity contribution in [3.8, 4) is 0 Å². The molecule has 2 aromatic heterocycles. The van der Waals surface area contributed by atoms with Crippen molar-refractivity contribution in [1.29, 1.82) is 0 Å². The largest absolute Gasteiger partial charge is 0.459 e. The molecule has 0 radical (unpaired) electrons. The summed E-state index contributed by atoms with van der Waals surface area (Å²) < 4.78 is 10.9. The first-order valence-electron chi connectivity index (χ1n) is 11.6. The van der Waals surface area contributed by atoms with Gasteiger partial charge in [-0.05, 0) is 56.3 Å². The van der Waals surface area contributed by atoms with Gasteiger partial charge in [-0.3, -0.25) is 19.3 Å². The SMILES string of the molecule is CC(C)C[C@H]1C(=O)N(CC2CCNCC2)CC2N(C(=O)c3ccco3)c3ocnc3C(=O)N21. The third-order valence-corrected chi connectivity index (χ3v) is 6.72. The number of nitrogens with one attached hydrogen (secondary N) is 1. The molecule has 5 heterocycles. The van der Waals surface area contributed by atoms with E-state index in [9.17, 15) is 14.4 Å². The molecule has 0 aromatic carbocycles. The van der Waals surface area contributed by atoms with Crippen molar-refractivity contribution in [1.82, 2.24) is 20.1 Å². The van der Waals surface area contributed by atoms with Gasteiger partial charge in [0, 0.05) is 6.54 Å². The van der Waals surface area contributed by atoms with E-state index in [1.807, 2.05) is 18.7 Å². The van der Waals surface area contributed by atoms with Gasteiger partial charge in [-0.25, -0.2) is 4.98 Å². The smallest absolute Gasteiger partial charge is 0.298 e. The van der Waals surface area contributed by atoms with Crippen LogP contribution in [0.25, 0.3) is 0 Å². The van der Waals surface area contributed by atoms with E-state index in [1.54, 1.807) is 12.1 Å². The van der Waals surface area contributed by atoms with Crippen molar-refractivity contribution in [2.45, 2.75) is 45.3 Å². The standard InChI is InChI=1S/C23H29N5O5/c1-14(2)10-16-20(29)26(11-15-5-7-24-8-6-15)12-18-27(16)22(31)19-23(33-13-25-19)28(18)21(30)17-4-3-9-32-17/h3-4,9,13-16,18,24H,5-8,10-12H2,1-2H3/t16-,18?/m0/s1. The lowest BCUT2D eigenvalue weighted by atomic mass is 9.93. The Balaban J connectivity index is 1.54. The third-order valence-electron chi connectivity index (χ3n) is 6.72. The molecule has 0 saturated carbocycles. The highest BCUT2D eigenvalue weighted by atomic mass is 16.4. The molecular weight excluding hydrogens is 426 g/mol. The van der Waals surface area contributed by atoms with Crippen molar-refractivity contribution in [2.75, 3.05) is 31.1 Å². The van der Waals surface area contributed by atoms with E-state index in [-0.39, 0.29) is 41.6 Å². The second-order valence-corrected chi connectivity index (χ2v) is 9.43. The molecule has 2 fully saturated rings. The average Bonchev–Trinajstić information content (AvgIpc) is 3.49. The molecule has 33 heavy (non-hydrogen) atoms. The van der Waals surface area contributed by atoms with Crippen molar-refractivity contribution >= 4 is 23.6 Å². The van der Waals surface area contributed by atoms with Gasteiger partial charge in [-0.15, -0.1) is 0 Å². The van der Waals surface area contributed by atoms with Crippen LogP contribution in [0, 0.1) is 11.8 Å². The van der Waals surface area contributed by atoms with Gasteiger partial charge in [0.15, 0.2) is 17.8 Å². The summed E-state index contributed by atoms with van der Waals surface area (Å²) in [5.74, 6) is -0.0807. The van der Waals surface area contributed by atoms with Gasteiger partial charge in [-0.1, -0.05) is 13.8 Å². The first-order valence-corrected chi connectivity index (χ1v) is 11.6. The minimum absolute atomic E-state index is 0.0412. The summed E-state index contributed by atoms with van der Waals surface area (Å²) >= 11 is 0. The number of oxazole rings is 1. The predicted molar refractivity (Wildman–Crippen MR) is 117 cm³/mol. The first-order chi connectivity index (χ1) is 16.0. The molecule has 1 unspecified atom stereocenters. The second-order valence-electron chi connectivity index (χ2n) is 9.43. The maximum atomic E-state index is 13.6. The number of nitrogens with zero attached hydrogens (tertiary/aromatic N) is 4. The Bertz CT molecular complexity index is 1030. The quantitative estimate of drug-likeness (QED) is 0.733. The van der Waals surface area contributed by atoms with Crippen LogP contribution in [0.4, 0.5) is 5.88 Å². The Kier molecular flexibility index (Phi) is 5.69. The van der Waals surface area contributed by atoms with E-state index in [2.05, 4.69) is 10.3 Å². The van der Waals surface area contributed by atoms with Gasteiger partial charge in [0.25, 0.3) is 11.8 Å². The number of hydrogen-bond acceptors (Lipinski definition) is 7. The van der Waals surface area contributed by atoms with Gasteiger partial charge < -0.3 is 24.0 Å². The number of amides is 3. The molecule has 10 nitrogen and oxygen atoms in total. The lowest BCUT2D eigenvalue weighted by molar-refractivity contribution is -0.145. The Morgan fingerprint density at radius 3 is 2.73 bits per heavy atom. The number of furan rings is 1. The van der Waals surface area contributed by atoms with Gasteiger partial charge in [0.2, 0.25) is 11.8 Å². The summed E-state index contributed by atoms with van der Waals surface area (Å²) in [5.41, 5.74) is 0.0412. The Labute approximate surface area is 191 Å². The topological polar surface area (TPSA) is 112 Å². The minimum Gasteiger partial charge on any atom is -0.459 e. The van der Waals surface area contributed by atoms with Gasteiger partial charge >= 0.3 is 0 Å². The van der Waals surface area contributed by atoms with Crippen LogP contribution in [0.3, 0.4) is 0 Å². The summed E-state index contributed by atoms with van der Waals surface area (Å²) in [6.07, 6.45) is 4.38. The van der Waals surface area contributed by atoms with Crippen molar-refractivity contribution in [3.05, 3.63) is 36.2 Å². The maximum absolute atomic E-state index is 13.6. The maximum Gasteiger partial charge on any atom is 0.298 e. The van der Waals surface area contributed by atoms with Gasteiger partial charge in [0.1, 0.15) is 12.2 Å². The molecule has 0 spiro atoms. The zero-order valence-corrected chi connectivity index (χ0v) is 18.9. The first kappa shape index (κ1) is 21.7. The molecule has 2 saturated heterocycles. The fraction of sp³-hybridized carbons (Fsp3) is 0.565. The molecule has 3 amide bonds. The predicted octanol–water partition coefficient (Wildman–Crippen LogP) is 1.95. The molecule has 10 heteroatoms. The zero-order chi connectivity index (χ0) is 23.1. The number of hydrogen-bond donors (Lipinski definition) is 1. The van der Waals surface area contributed by atoms with Crippen LogP contribution in [0.15, 0.2) is 33.6 Å². The van der Waals surface area contributed by atoms with E-state index >= 15 is 0 Å². The summed E-state index contributed by atoms with van der Waals surface area (Å²) in [5, 5.41) is 3.36. The Morgan fingerprint density at radius 1 is 1.24 bits per heavy atom. The fourth-order valence-corrected chi connectivity index (χ4v) is 5.16. The minimum atomic E-state index is -0.696.